The maximum Gasteiger partial charge on any atom is 0.230 e. The lowest BCUT2D eigenvalue weighted by Crippen LogP contribution is -2.31. The average Bonchev–Trinajstić information content (AvgIpc) is 2.79. The van der Waals surface area contributed by atoms with Gasteiger partial charge in [-0.3, -0.25) is 9.59 Å². The molecule has 2 heterocycles. The van der Waals surface area contributed by atoms with Crippen molar-refractivity contribution in [1.29, 1.82) is 0 Å². The second-order valence-electron chi connectivity index (χ2n) is 6.11. The van der Waals surface area contributed by atoms with Gasteiger partial charge in [-0.2, -0.15) is 0 Å². The molecule has 1 fully saturated rings. The maximum absolute atomic E-state index is 12.2. The Hall–Kier alpha value is -2.03. The molecule has 8 nitrogen and oxygen atoms in total. The van der Waals surface area contributed by atoms with Crippen molar-refractivity contribution in [2.45, 2.75) is 25.3 Å². The number of anilines is 1. The number of nitrogens with one attached hydrogen (secondary N) is 1. The van der Waals surface area contributed by atoms with E-state index >= 15 is 0 Å². The lowest BCUT2D eigenvalue weighted by Gasteiger charge is -2.18. The number of hydrogen-bond donors (Lipinski definition) is 1. The topological polar surface area (TPSA) is 109 Å². The van der Waals surface area contributed by atoms with Crippen LogP contribution in [0.15, 0.2) is 17.2 Å². The fourth-order valence-electron chi connectivity index (χ4n) is 2.38. The van der Waals surface area contributed by atoms with Crippen LogP contribution < -0.4 is 5.32 Å². The monoisotopic (exact) mass is 340 g/mol. The van der Waals surface area contributed by atoms with E-state index in [9.17, 15) is 18.0 Å². The summed E-state index contributed by atoms with van der Waals surface area (Å²) >= 11 is 0. The summed E-state index contributed by atoms with van der Waals surface area (Å²) in [7, 11) is -3.43. The van der Waals surface area contributed by atoms with E-state index in [2.05, 4.69) is 15.5 Å². The minimum Gasteiger partial charge on any atom is -0.342 e. The molecule has 2 rings (SSSR count). The van der Waals surface area contributed by atoms with Gasteiger partial charge in [0.1, 0.15) is 0 Å². The number of carbonyl (C=O) groups is 2. The lowest BCUT2D eigenvalue weighted by molar-refractivity contribution is -0.128. The fraction of sp³-hybridized carbons (Fsp3) is 0.571. The lowest BCUT2D eigenvalue weighted by atomic mass is 10.1. The van der Waals surface area contributed by atoms with Crippen LogP contribution >= 0.6 is 0 Å². The van der Waals surface area contributed by atoms with Crippen molar-refractivity contribution >= 4 is 27.5 Å². The van der Waals surface area contributed by atoms with E-state index in [0.717, 1.165) is 6.26 Å². The molecule has 126 valence electrons. The molecule has 0 radical (unpaired) electrons. The van der Waals surface area contributed by atoms with E-state index in [1.807, 2.05) is 13.8 Å². The Morgan fingerprint density at radius 1 is 1.39 bits per heavy atom. The molecule has 1 aliphatic heterocycles. The van der Waals surface area contributed by atoms with E-state index in [0.29, 0.717) is 19.0 Å². The minimum absolute atomic E-state index is 0.0302. The molecule has 0 spiro atoms. The molecule has 0 aromatic carbocycles. The third-order valence-corrected chi connectivity index (χ3v) is 4.42. The molecule has 0 bridgehead atoms. The predicted molar refractivity (Wildman–Crippen MR) is 83.3 cm³/mol. The summed E-state index contributed by atoms with van der Waals surface area (Å²) in [4.78, 5) is 25.8. The van der Waals surface area contributed by atoms with Gasteiger partial charge < -0.3 is 10.2 Å². The van der Waals surface area contributed by atoms with Crippen LogP contribution in [0.3, 0.4) is 0 Å². The highest BCUT2D eigenvalue weighted by atomic mass is 32.2. The molecule has 0 saturated carbocycles. The first kappa shape index (κ1) is 17.3. The third kappa shape index (κ3) is 4.47. The maximum atomic E-state index is 12.2. The minimum atomic E-state index is -3.43. The van der Waals surface area contributed by atoms with Gasteiger partial charge in [0.2, 0.25) is 11.8 Å². The zero-order valence-electron chi connectivity index (χ0n) is 13.3. The highest BCUT2D eigenvalue weighted by Gasteiger charge is 2.34. The second kappa shape index (κ2) is 6.61. The van der Waals surface area contributed by atoms with Gasteiger partial charge in [0.05, 0.1) is 5.92 Å². The van der Waals surface area contributed by atoms with Gasteiger partial charge in [-0.1, -0.05) is 13.8 Å². The van der Waals surface area contributed by atoms with Crippen LogP contribution in [0.2, 0.25) is 0 Å². The Morgan fingerprint density at radius 2 is 2.09 bits per heavy atom. The van der Waals surface area contributed by atoms with Crippen molar-refractivity contribution in [2.75, 3.05) is 24.7 Å². The average molecular weight is 340 g/mol. The quantitative estimate of drug-likeness (QED) is 0.827. The van der Waals surface area contributed by atoms with Crippen LogP contribution in [-0.4, -0.2) is 54.7 Å². The van der Waals surface area contributed by atoms with Crippen molar-refractivity contribution in [2.24, 2.45) is 11.8 Å². The van der Waals surface area contributed by atoms with E-state index in [1.165, 1.54) is 12.1 Å². The normalized spacial score (nSPS) is 18.5. The summed E-state index contributed by atoms with van der Waals surface area (Å²) in [5.74, 6) is -0.270. The second-order valence-corrected chi connectivity index (χ2v) is 8.07. The van der Waals surface area contributed by atoms with Crippen LogP contribution in [0.4, 0.5) is 5.82 Å². The Labute approximate surface area is 135 Å². The van der Waals surface area contributed by atoms with E-state index in [-0.39, 0.29) is 29.1 Å². The first-order valence-corrected chi connectivity index (χ1v) is 9.18. The van der Waals surface area contributed by atoms with Gasteiger partial charge in [-0.25, -0.2) is 8.42 Å². The van der Waals surface area contributed by atoms with Crippen LogP contribution in [0.25, 0.3) is 0 Å². The van der Waals surface area contributed by atoms with E-state index in [4.69, 9.17) is 0 Å². The molecular weight excluding hydrogens is 320 g/mol. The number of carbonyl (C=O) groups excluding carboxylic acids is 2. The zero-order valence-corrected chi connectivity index (χ0v) is 14.1. The smallest absolute Gasteiger partial charge is 0.230 e. The van der Waals surface area contributed by atoms with Crippen molar-refractivity contribution in [1.82, 2.24) is 15.1 Å². The molecule has 1 unspecified atom stereocenters. The van der Waals surface area contributed by atoms with E-state index < -0.39 is 15.8 Å². The van der Waals surface area contributed by atoms with Gasteiger partial charge in [0.15, 0.2) is 20.7 Å². The Kier molecular flexibility index (Phi) is 4.98. The van der Waals surface area contributed by atoms with Crippen molar-refractivity contribution in [3.8, 4) is 0 Å². The largest absolute Gasteiger partial charge is 0.342 e. The van der Waals surface area contributed by atoms with E-state index in [1.54, 1.807) is 4.90 Å². The SMILES string of the molecule is CC(C)CN1CC(C(=O)Nc2ccc(S(C)(=O)=O)nn2)CC1=O. The number of amides is 2. The summed E-state index contributed by atoms with van der Waals surface area (Å²) in [6.45, 7) is 5.04. The first-order valence-electron chi connectivity index (χ1n) is 7.29. The zero-order chi connectivity index (χ0) is 17.2. The van der Waals surface area contributed by atoms with Crippen LogP contribution in [0, 0.1) is 11.8 Å². The van der Waals surface area contributed by atoms with Gasteiger partial charge in [0.25, 0.3) is 0 Å². The van der Waals surface area contributed by atoms with Gasteiger partial charge >= 0.3 is 0 Å². The summed E-state index contributed by atoms with van der Waals surface area (Å²) < 4.78 is 22.6. The number of hydrogen-bond acceptors (Lipinski definition) is 6. The standard InChI is InChI=1S/C14H20N4O4S/c1-9(2)7-18-8-10(6-13(18)19)14(20)15-11-4-5-12(17-16-11)23(3,21)22/h4-5,9-10H,6-8H2,1-3H3,(H,15,16,20). The van der Waals surface area contributed by atoms with Crippen molar-refractivity contribution in [3.63, 3.8) is 0 Å². The molecule has 1 aromatic heterocycles. The summed E-state index contributed by atoms with van der Waals surface area (Å²) in [5, 5.41) is 9.67. The molecule has 1 aromatic rings. The Morgan fingerprint density at radius 3 is 2.61 bits per heavy atom. The summed E-state index contributed by atoms with van der Waals surface area (Å²) in [6, 6.07) is 2.66. The number of aromatic nitrogens is 2. The molecule has 1 saturated heterocycles. The summed E-state index contributed by atoms with van der Waals surface area (Å²) in [6.07, 6.45) is 1.20. The molecule has 23 heavy (non-hydrogen) atoms. The predicted octanol–water partition coefficient (Wildman–Crippen LogP) is 0.323. The summed E-state index contributed by atoms with van der Waals surface area (Å²) in [5.41, 5.74) is 0. The first-order chi connectivity index (χ1) is 10.7. The van der Waals surface area contributed by atoms with Gasteiger partial charge in [-0.05, 0) is 18.1 Å². The molecule has 0 aliphatic carbocycles. The number of sulfone groups is 1. The number of nitrogens with zero attached hydrogens (tertiary/aromatic N) is 3. The number of rotatable bonds is 5. The van der Waals surface area contributed by atoms with Gasteiger partial charge in [-0.15, -0.1) is 10.2 Å². The van der Waals surface area contributed by atoms with Crippen LogP contribution in [0.5, 0.6) is 0 Å². The van der Waals surface area contributed by atoms with Gasteiger partial charge in [0, 0.05) is 25.8 Å². The highest BCUT2D eigenvalue weighted by molar-refractivity contribution is 7.90. The number of likely N-dealkylation sites (tertiary alicyclic amines) is 1. The van der Waals surface area contributed by atoms with Crippen molar-refractivity contribution in [3.05, 3.63) is 12.1 Å². The van der Waals surface area contributed by atoms with Crippen molar-refractivity contribution < 1.29 is 18.0 Å². The van der Waals surface area contributed by atoms with Crippen LogP contribution in [-0.2, 0) is 19.4 Å². The molecule has 1 N–H and O–H groups in total. The van der Waals surface area contributed by atoms with Crippen LogP contribution in [0.1, 0.15) is 20.3 Å². The third-order valence-electron chi connectivity index (χ3n) is 3.44. The molecule has 1 aliphatic rings. The molecule has 9 heteroatoms. The Bertz CT molecular complexity index is 700. The molecule has 2 amide bonds. The highest BCUT2D eigenvalue weighted by Crippen LogP contribution is 2.20. The molecule has 1 atom stereocenters. The molecular formula is C14H20N4O4S. The Balaban J connectivity index is 1.99. The fourth-order valence-corrected chi connectivity index (χ4v) is 2.88.